The molecule has 1 aliphatic carbocycles. The van der Waals surface area contributed by atoms with E-state index in [4.69, 9.17) is 26.4 Å². The minimum atomic E-state index is -0.133. The van der Waals surface area contributed by atoms with Gasteiger partial charge in [-0.3, -0.25) is 4.79 Å². The van der Waals surface area contributed by atoms with Crippen molar-refractivity contribution in [2.24, 2.45) is 0 Å². The van der Waals surface area contributed by atoms with Crippen molar-refractivity contribution in [2.45, 2.75) is 45.2 Å². The van der Waals surface area contributed by atoms with Gasteiger partial charge in [-0.1, -0.05) is 12.8 Å². The molecule has 0 atom stereocenters. The van der Waals surface area contributed by atoms with Gasteiger partial charge in [0.1, 0.15) is 5.75 Å². The number of nitrogens with zero attached hydrogens (tertiary/aromatic N) is 1. The Hall–Kier alpha value is -3.26. The van der Waals surface area contributed by atoms with Crippen molar-refractivity contribution in [3.63, 3.8) is 0 Å². The summed E-state index contributed by atoms with van der Waals surface area (Å²) >= 11 is 5.82. The zero-order valence-corrected chi connectivity index (χ0v) is 20.7. The number of ether oxygens (including phenoxy) is 3. The molecule has 1 heterocycles. The molecule has 180 valence electrons. The predicted molar refractivity (Wildman–Crippen MR) is 139 cm³/mol. The highest BCUT2D eigenvalue weighted by atomic mass is 32.1. The number of hydrogen-bond donors (Lipinski definition) is 2. The molecule has 2 aromatic carbocycles. The minimum absolute atomic E-state index is 0.133. The largest absolute Gasteiger partial charge is 0.494 e. The van der Waals surface area contributed by atoms with Crippen LogP contribution in [0, 0.1) is 0 Å². The Morgan fingerprint density at radius 1 is 1.09 bits per heavy atom. The summed E-state index contributed by atoms with van der Waals surface area (Å²) < 4.78 is 16.3. The SMILES string of the molecule is CCOc1ccc(NC(=S)N(Cc2cc3cc(OC)c(OC)cc3[nH]c2=O)C2CCCC2)cc1. The van der Waals surface area contributed by atoms with Crippen molar-refractivity contribution in [3.05, 3.63) is 58.4 Å². The van der Waals surface area contributed by atoms with E-state index in [0.717, 1.165) is 42.5 Å². The summed E-state index contributed by atoms with van der Waals surface area (Å²) in [4.78, 5) is 18.1. The van der Waals surface area contributed by atoms with Crippen LogP contribution in [0.1, 0.15) is 38.2 Å². The standard InChI is InChI=1S/C26H31N3O4S/c1-4-33-21-11-9-19(10-12-21)27-26(34)29(20-7-5-6-8-20)16-18-13-17-14-23(31-2)24(32-3)15-22(17)28-25(18)30/h9-15,20H,4-8,16H2,1-3H3,(H,27,34)(H,28,30). The first-order chi connectivity index (χ1) is 16.5. The summed E-state index contributed by atoms with van der Waals surface area (Å²) in [5.74, 6) is 2.02. The van der Waals surface area contributed by atoms with Gasteiger partial charge in [0.05, 0.1) is 32.9 Å². The van der Waals surface area contributed by atoms with Crippen LogP contribution in [0.3, 0.4) is 0 Å². The van der Waals surface area contributed by atoms with Gasteiger partial charge in [-0.2, -0.15) is 0 Å². The molecule has 0 unspecified atom stereocenters. The number of pyridine rings is 1. The Morgan fingerprint density at radius 3 is 2.41 bits per heavy atom. The maximum atomic E-state index is 13.0. The molecule has 1 fully saturated rings. The second-order valence-corrected chi connectivity index (χ2v) is 8.76. The first kappa shape index (κ1) is 23.9. The number of thiocarbonyl (C=S) groups is 1. The van der Waals surface area contributed by atoms with Gasteiger partial charge in [0, 0.05) is 28.7 Å². The van der Waals surface area contributed by atoms with Gasteiger partial charge in [-0.25, -0.2) is 0 Å². The first-order valence-corrected chi connectivity index (χ1v) is 12.0. The van der Waals surface area contributed by atoms with Crippen LogP contribution in [0.4, 0.5) is 5.69 Å². The quantitative estimate of drug-likeness (QED) is 0.434. The molecule has 0 spiro atoms. The van der Waals surface area contributed by atoms with Gasteiger partial charge in [-0.05, 0) is 68.4 Å². The maximum absolute atomic E-state index is 13.0. The third-order valence-electron chi connectivity index (χ3n) is 6.21. The van der Waals surface area contributed by atoms with Crippen molar-refractivity contribution < 1.29 is 14.2 Å². The van der Waals surface area contributed by atoms with Crippen molar-refractivity contribution in [2.75, 3.05) is 26.1 Å². The van der Waals surface area contributed by atoms with Crippen LogP contribution < -0.4 is 25.1 Å². The van der Waals surface area contributed by atoms with Crippen molar-refractivity contribution in [1.82, 2.24) is 9.88 Å². The lowest BCUT2D eigenvalue weighted by Gasteiger charge is -2.31. The molecule has 1 saturated carbocycles. The maximum Gasteiger partial charge on any atom is 0.253 e. The van der Waals surface area contributed by atoms with Gasteiger partial charge in [0.2, 0.25) is 0 Å². The number of aromatic amines is 1. The van der Waals surface area contributed by atoms with Gasteiger partial charge in [0.15, 0.2) is 16.6 Å². The Bertz CT molecular complexity index is 1200. The molecule has 4 rings (SSSR count). The Labute approximate surface area is 205 Å². The lowest BCUT2D eigenvalue weighted by molar-refractivity contribution is 0.311. The van der Waals surface area contributed by atoms with Crippen LogP contribution in [-0.2, 0) is 6.54 Å². The molecule has 8 heteroatoms. The summed E-state index contributed by atoms with van der Waals surface area (Å²) in [6.45, 7) is 3.01. The zero-order chi connectivity index (χ0) is 24.1. The lowest BCUT2D eigenvalue weighted by atomic mass is 10.1. The third kappa shape index (κ3) is 5.28. The fourth-order valence-corrected chi connectivity index (χ4v) is 4.79. The number of benzene rings is 2. The number of anilines is 1. The molecule has 0 amide bonds. The summed E-state index contributed by atoms with van der Waals surface area (Å²) in [5, 5.41) is 4.84. The molecule has 1 aromatic heterocycles. The van der Waals surface area contributed by atoms with Crippen LogP contribution >= 0.6 is 12.2 Å². The second-order valence-electron chi connectivity index (χ2n) is 8.37. The van der Waals surface area contributed by atoms with E-state index in [-0.39, 0.29) is 5.56 Å². The van der Waals surface area contributed by atoms with E-state index >= 15 is 0 Å². The number of hydrogen-bond acceptors (Lipinski definition) is 5. The molecule has 0 bridgehead atoms. The zero-order valence-electron chi connectivity index (χ0n) is 19.8. The number of H-pyrrole nitrogens is 1. The van der Waals surface area contributed by atoms with Gasteiger partial charge in [-0.15, -0.1) is 0 Å². The van der Waals surface area contributed by atoms with Crippen LogP contribution in [-0.4, -0.2) is 41.9 Å². The molecule has 0 radical (unpaired) electrons. The van der Waals surface area contributed by atoms with Crippen LogP contribution in [0.5, 0.6) is 17.2 Å². The highest BCUT2D eigenvalue weighted by Crippen LogP contribution is 2.32. The Morgan fingerprint density at radius 2 is 1.76 bits per heavy atom. The highest BCUT2D eigenvalue weighted by Gasteiger charge is 2.26. The fourth-order valence-electron chi connectivity index (χ4n) is 4.46. The van der Waals surface area contributed by atoms with E-state index < -0.39 is 0 Å². The van der Waals surface area contributed by atoms with E-state index in [1.165, 1.54) is 0 Å². The fraction of sp³-hybridized carbons (Fsp3) is 0.385. The summed E-state index contributed by atoms with van der Waals surface area (Å²) in [6, 6.07) is 13.6. The average Bonchev–Trinajstić information content (AvgIpc) is 3.37. The first-order valence-electron chi connectivity index (χ1n) is 11.6. The van der Waals surface area contributed by atoms with Gasteiger partial charge in [0.25, 0.3) is 5.56 Å². The van der Waals surface area contributed by atoms with Crippen molar-refractivity contribution in [1.29, 1.82) is 0 Å². The summed E-state index contributed by atoms with van der Waals surface area (Å²) in [6.07, 6.45) is 4.44. The molecule has 7 nitrogen and oxygen atoms in total. The number of methoxy groups -OCH3 is 2. The summed E-state index contributed by atoms with van der Waals surface area (Å²) in [5.41, 5.74) is 2.11. The van der Waals surface area contributed by atoms with Crippen LogP contribution in [0.15, 0.2) is 47.3 Å². The molecular formula is C26H31N3O4S. The molecule has 34 heavy (non-hydrogen) atoms. The van der Waals surface area contributed by atoms with E-state index in [9.17, 15) is 4.79 Å². The molecule has 0 aliphatic heterocycles. The highest BCUT2D eigenvalue weighted by molar-refractivity contribution is 7.80. The van der Waals surface area contributed by atoms with E-state index in [2.05, 4.69) is 15.2 Å². The minimum Gasteiger partial charge on any atom is -0.494 e. The van der Waals surface area contributed by atoms with Crippen LogP contribution in [0.2, 0.25) is 0 Å². The van der Waals surface area contributed by atoms with E-state index in [1.807, 2.05) is 43.3 Å². The average molecular weight is 482 g/mol. The topological polar surface area (TPSA) is 75.8 Å². The van der Waals surface area contributed by atoms with Crippen LogP contribution in [0.25, 0.3) is 10.9 Å². The Balaban J connectivity index is 1.60. The third-order valence-corrected chi connectivity index (χ3v) is 6.55. The predicted octanol–water partition coefficient (Wildman–Crippen LogP) is 5.09. The number of nitrogens with one attached hydrogen (secondary N) is 2. The van der Waals surface area contributed by atoms with E-state index in [1.54, 1.807) is 20.3 Å². The molecule has 1 aliphatic rings. The molecule has 0 saturated heterocycles. The molecular weight excluding hydrogens is 450 g/mol. The molecule has 3 aromatic rings. The summed E-state index contributed by atoms with van der Waals surface area (Å²) in [7, 11) is 3.18. The monoisotopic (exact) mass is 481 g/mol. The number of aromatic nitrogens is 1. The van der Waals surface area contributed by atoms with Gasteiger partial charge < -0.3 is 29.4 Å². The second kappa shape index (κ2) is 10.8. The van der Waals surface area contributed by atoms with Crippen molar-refractivity contribution in [3.8, 4) is 17.2 Å². The lowest BCUT2D eigenvalue weighted by Crippen LogP contribution is -2.42. The van der Waals surface area contributed by atoms with Crippen molar-refractivity contribution >= 4 is 33.9 Å². The van der Waals surface area contributed by atoms with E-state index in [0.29, 0.717) is 46.9 Å². The normalized spacial score (nSPS) is 13.6. The van der Waals surface area contributed by atoms with Gasteiger partial charge >= 0.3 is 0 Å². The molecule has 2 N–H and O–H groups in total. The number of fused-ring (bicyclic) bond motifs is 1. The number of rotatable bonds is 8. The Kier molecular flexibility index (Phi) is 7.57. The smallest absolute Gasteiger partial charge is 0.253 e.